The van der Waals surface area contributed by atoms with Crippen LogP contribution >= 0.6 is 11.8 Å². The van der Waals surface area contributed by atoms with Crippen LogP contribution in [0, 0.1) is 0 Å². The number of benzene rings is 1. The van der Waals surface area contributed by atoms with Crippen molar-refractivity contribution >= 4 is 34.9 Å². The molecule has 0 radical (unpaired) electrons. The highest BCUT2D eigenvalue weighted by Gasteiger charge is 2.37. The van der Waals surface area contributed by atoms with Crippen LogP contribution in [0.5, 0.6) is 11.5 Å². The van der Waals surface area contributed by atoms with Crippen molar-refractivity contribution in [2.24, 2.45) is 0 Å². The smallest absolute Gasteiger partial charge is 0.294 e. The van der Waals surface area contributed by atoms with Gasteiger partial charge in [0.2, 0.25) is 5.91 Å². The fraction of sp³-hybridized carbons (Fsp3) is 0.350. The highest BCUT2D eigenvalue weighted by molar-refractivity contribution is 8.18. The molecular formula is C20H22N2O5S. The molecule has 8 heteroatoms. The predicted octanol–water partition coefficient (Wildman–Crippen LogP) is 2.92. The molecular weight excluding hydrogens is 380 g/mol. The highest BCUT2D eigenvalue weighted by atomic mass is 32.2. The van der Waals surface area contributed by atoms with Gasteiger partial charge in [0.15, 0.2) is 11.5 Å². The van der Waals surface area contributed by atoms with Gasteiger partial charge in [0, 0.05) is 18.7 Å². The van der Waals surface area contributed by atoms with E-state index in [1.54, 1.807) is 35.3 Å². The van der Waals surface area contributed by atoms with Crippen molar-refractivity contribution in [3.8, 4) is 11.5 Å². The minimum Gasteiger partial charge on any atom is -0.493 e. The minimum absolute atomic E-state index is 0.197. The molecule has 2 heterocycles. The molecule has 0 saturated carbocycles. The van der Waals surface area contributed by atoms with Crippen molar-refractivity contribution in [1.82, 2.24) is 9.80 Å². The van der Waals surface area contributed by atoms with E-state index in [4.69, 9.17) is 9.47 Å². The fourth-order valence-corrected chi connectivity index (χ4v) is 3.91. The van der Waals surface area contributed by atoms with Crippen molar-refractivity contribution in [2.45, 2.75) is 12.8 Å². The van der Waals surface area contributed by atoms with E-state index in [0.717, 1.165) is 29.5 Å². The van der Waals surface area contributed by atoms with E-state index in [9.17, 15) is 14.4 Å². The van der Waals surface area contributed by atoms with Crippen LogP contribution in [0.25, 0.3) is 6.08 Å². The van der Waals surface area contributed by atoms with Crippen molar-refractivity contribution in [1.29, 1.82) is 0 Å². The Labute approximate surface area is 168 Å². The maximum atomic E-state index is 12.7. The molecule has 0 aliphatic carbocycles. The second-order valence-corrected chi connectivity index (χ2v) is 7.33. The van der Waals surface area contributed by atoms with Gasteiger partial charge in [-0.25, -0.2) is 0 Å². The van der Waals surface area contributed by atoms with E-state index in [2.05, 4.69) is 6.58 Å². The number of carbonyl (C=O) groups is 3. The first-order valence-corrected chi connectivity index (χ1v) is 9.80. The second-order valence-electron chi connectivity index (χ2n) is 6.33. The average Bonchev–Trinajstić information content (AvgIpc) is 3.32. The molecule has 2 fully saturated rings. The van der Waals surface area contributed by atoms with Gasteiger partial charge < -0.3 is 14.4 Å². The summed E-state index contributed by atoms with van der Waals surface area (Å²) in [5, 5.41) is -0.444. The number of ether oxygens (including phenoxy) is 2. The number of hydrogen-bond acceptors (Lipinski definition) is 6. The molecule has 2 aliphatic heterocycles. The number of amides is 3. The largest absolute Gasteiger partial charge is 0.493 e. The number of carbonyl (C=O) groups excluding carboxylic acids is 3. The summed E-state index contributed by atoms with van der Waals surface area (Å²) in [4.78, 5) is 40.3. The van der Waals surface area contributed by atoms with E-state index >= 15 is 0 Å². The molecule has 148 valence electrons. The summed E-state index contributed by atoms with van der Waals surface area (Å²) in [6, 6.07) is 5.28. The molecule has 0 spiro atoms. The Kier molecular flexibility index (Phi) is 6.41. The summed E-state index contributed by atoms with van der Waals surface area (Å²) < 4.78 is 11.0. The van der Waals surface area contributed by atoms with Gasteiger partial charge in [-0.3, -0.25) is 19.3 Å². The molecule has 7 nitrogen and oxygen atoms in total. The van der Waals surface area contributed by atoms with Crippen LogP contribution in [0.4, 0.5) is 4.79 Å². The SMILES string of the molecule is C=CCOc1c(/C=C2\SC(=O)N(CC(=O)N3CCCC3)C2=O)cccc1OC. The highest BCUT2D eigenvalue weighted by Crippen LogP contribution is 2.37. The molecule has 0 atom stereocenters. The first-order valence-electron chi connectivity index (χ1n) is 8.99. The summed E-state index contributed by atoms with van der Waals surface area (Å²) in [6.45, 7) is 5.04. The Morgan fingerprint density at radius 1 is 1.29 bits per heavy atom. The lowest BCUT2D eigenvalue weighted by atomic mass is 10.1. The summed E-state index contributed by atoms with van der Waals surface area (Å²) in [6.07, 6.45) is 5.11. The van der Waals surface area contributed by atoms with Crippen molar-refractivity contribution in [2.75, 3.05) is 33.4 Å². The Bertz CT molecular complexity index is 830. The second kappa shape index (κ2) is 8.97. The third-order valence-corrected chi connectivity index (χ3v) is 5.39. The van der Waals surface area contributed by atoms with Gasteiger partial charge in [0.05, 0.1) is 12.0 Å². The van der Waals surface area contributed by atoms with Crippen LogP contribution in [0.15, 0.2) is 35.8 Å². The lowest BCUT2D eigenvalue weighted by molar-refractivity contribution is -0.135. The number of methoxy groups -OCH3 is 1. The molecule has 0 aromatic heterocycles. The van der Waals surface area contributed by atoms with Gasteiger partial charge in [-0.2, -0.15) is 0 Å². The molecule has 2 aliphatic rings. The van der Waals surface area contributed by atoms with E-state index < -0.39 is 11.1 Å². The number of thioether (sulfide) groups is 1. The fourth-order valence-electron chi connectivity index (χ4n) is 3.08. The standard InChI is InChI=1S/C20H22N2O5S/c1-3-11-27-18-14(7-6-8-15(18)26-2)12-16-19(24)22(20(25)28-16)13-17(23)21-9-4-5-10-21/h3,6-8,12H,1,4-5,9-11,13H2,2H3/b16-12-. The molecule has 3 rings (SSSR count). The molecule has 1 aromatic rings. The Hall–Kier alpha value is -2.74. The number of imide groups is 1. The number of hydrogen-bond donors (Lipinski definition) is 0. The molecule has 3 amide bonds. The summed E-state index contributed by atoms with van der Waals surface area (Å²) >= 11 is 0.818. The lowest BCUT2D eigenvalue weighted by Gasteiger charge is -2.18. The number of rotatable bonds is 7. The monoisotopic (exact) mass is 402 g/mol. The van der Waals surface area contributed by atoms with Crippen LogP contribution in [0.2, 0.25) is 0 Å². The third-order valence-electron chi connectivity index (χ3n) is 4.49. The Morgan fingerprint density at radius 2 is 2.04 bits per heavy atom. The van der Waals surface area contributed by atoms with E-state index in [1.165, 1.54) is 7.11 Å². The zero-order chi connectivity index (χ0) is 20.1. The van der Waals surface area contributed by atoms with Crippen LogP contribution in [0.1, 0.15) is 18.4 Å². The van der Waals surface area contributed by atoms with Crippen molar-refractivity contribution in [3.05, 3.63) is 41.3 Å². The average molecular weight is 402 g/mol. The number of likely N-dealkylation sites (tertiary alicyclic amines) is 1. The van der Waals surface area contributed by atoms with Crippen molar-refractivity contribution in [3.63, 3.8) is 0 Å². The maximum Gasteiger partial charge on any atom is 0.294 e. The molecule has 1 aromatic carbocycles. The Morgan fingerprint density at radius 3 is 2.71 bits per heavy atom. The first kappa shape index (κ1) is 20.0. The molecule has 0 bridgehead atoms. The summed E-state index contributed by atoms with van der Waals surface area (Å²) in [5.74, 6) is 0.307. The van der Waals surface area contributed by atoms with Crippen LogP contribution in [-0.2, 0) is 9.59 Å². The Balaban J connectivity index is 1.81. The third kappa shape index (κ3) is 4.22. The van der Waals surface area contributed by atoms with Gasteiger partial charge in [-0.05, 0) is 36.7 Å². The quantitative estimate of drug-likeness (QED) is 0.516. The number of nitrogens with zero attached hydrogens (tertiary/aromatic N) is 2. The van der Waals surface area contributed by atoms with E-state index in [1.807, 2.05) is 0 Å². The van der Waals surface area contributed by atoms with Gasteiger partial charge in [0.1, 0.15) is 13.2 Å². The summed E-state index contributed by atoms with van der Waals surface area (Å²) in [7, 11) is 1.53. The van der Waals surface area contributed by atoms with Gasteiger partial charge in [0.25, 0.3) is 11.1 Å². The summed E-state index contributed by atoms with van der Waals surface area (Å²) in [5.41, 5.74) is 0.609. The molecule has 2 saturated heterocycles. The topological polar surface area (TPSA) is 76.2 Å². The molecule has 0 N–H and O–H groups in total. The normalized spacial score (nSPS) is 18.1. The van der Waals surface area contributed by atoms with Crippen molar-refractivity contribution < 1.29 is 23.9 Å². The van der Waals surface area contributed by atoms with Crippen LogP contribution < -0.4 is 9.47 Å². The van der Waals surface area contributed by atoms with Gasteiger partial charge >= 0.3 is 0 Å². The van der Waals surface area contributed by atoms with Gasteiger partial charge in [-0.1, -0.05) is 24.8 Å². The zero-order valence-electron chi connectivity index (χ0n) is 15.7. The minimum atomic E-state index is -0.472. The van der Waals surface area contributed by atoms with Crippen LogP contribution in [0.3, 0.4) is 0 Å². The maximum absolute atomic E-state index is 12.7. The van der Waals surface area contributed by atoms with E-state index in [-0.39, 0.29) is 24.0 Å². The first-order chi connectivity index (χ1) is 13.5. The number of para-hydroxylation sites is 1. The molecule has 0 unspecified atom stereocenters. The zero-order valence-corrected chi connectivity index (χ0v) is 16.5. The van der Waals surface area contributed by atoms with E-state index in [0.29, 0.717) is 30.2 Å². The molecule has 28 heavy (non-hydrogen) atoms. The van der Waals surface area contributed by atoms with Gasteiger partial charge in [-0.15, -0.1) is 0 Å². The van der Waals surface area contributed by atoms with Crippen LogP contribution in [-0.4, -0.2) is 60.2 Å². The predicted molar refractivity (Wildman–Crippen MR) is 107 cm³/mol. The lowest BCUT2D eigenvalue weighted by Crippen LogP contribution is -2.40.